The average Bonchev–Trinajstić information content (AvgIpc) is 2.52. The van der Waals surface area contributed by atoms with Gasteiger partial charge in [0.15, 0.2) is 5.82 Å². The highest BCUT2D eigenvalue weighted by atomic mass is 16.4. The molecule has 0 unspecified atom stereocenters. The lowest BCUT2D eigenvalue weighted by Crippen LogP contribution is -1.99. The molecule has 1 aromatic heterocycles. The van der Waals surface area contributed by atoms with Crippen LogP contribution in [0.3, 0.4) is 0 Å². The van der Waals surface area contributed by atoms with Crippen molar-refractivity contribution < 1.29 is 9.90 Å². The molecular formula is C17H20N2O2. The SMILES string of the molecule is CCCCCCc1ccc(-c2ncc(C(=O)O)cn2)cc1. The van der Waals surface area contributed by atoms with Crippen molar-refractivity contribution in [3.05, 3.63) is 47.8 Å². The first kappa shape index (κ1) is 15.2. The Hall–Kier alpha value is -2.23. The van der Waals surface area contributed by atoms with E-state index in [1.807, 2.05) is 12.1 Å². The normalized spacial score (nSPS) is 10.5. The Labute approximate surface area is 124 Å². The molecule has 0 spiro atoms. The van der Waals surface area contributed by atoms with E-state index in [1.54, 1.807) is 0 Å². The average molecular weight is 284 g/mol. The Kier molecular flexibility index (Phi) is 5.43. The van der Waals surface area contributed by atoms with E-state index in [2.05, 4.69) is 29.0 Å². The van der Waals surface area contributed by atoms with Crippen LogP contribution in [0, 0.1) is 0 Å². The van der Waals surface area contributed by atoms with E-state index in [4.69, 9.17) is 5.11 Å². The fourth-order valence-electron chi connectivity index (χ4n) is 2.16. The van der Waals surface area contributed by atoms with Gasteiger partial charge < -0.3 is 5.11 Å². The van der Waals surface area contributed by atoms with E-state index in [0.717, 1.165) is 12.0 Å². The maximum atomic E-state index is 10.8. The van der Waals surface area contributed by atoms with Crippen LogP contribution in [0.15, 0.2) is 36.7 Å². The summed E-state index contributed by atoms with van der Waals surface area (Å²) in [5.74, 6) is -0.457. The predicted octanol–water partition coefficient (Wildman–Crippen LogP) is 3.96. The second-order valence-electron chi connectivity index (χ2n) is 5.11. The second kappa shape index (κ2) is 7.53. The van der Waals surface area contributed by atoms with Gasteiger partial charge in [-0.25, -0.2) is 14.8 Å². The topological polar surface area (TPSA) is 63.1 Å². The molecule has 0 radical (unpaired) electrons. The number of rotatable bonds is 7. The number of nitrogens with zero attached hydrogens (tertiary/aromatic N) is 2. The molecule has 2 aromatic rings. The van der Waals surface area contributed by atoms with Crippen LogP contribution in [0.25, 0.3) is 11.4 Å². The zero-order valence-corrected chi connectivity index (χ0v) is 12.2. The molecular weight excluding hydrogens is 264 g/mol. The summed E-state index contributed by atoms with van der Waals surface area (Å²) in [6.07, 6.45) is 8.81. The highest BCUT2D eigenvalue weighted by molar-refractivity contribution is 5.86. The van der Waals surface area contributed by atoms with Gasteiger partial charge in [0.25, 0.3) is 0 Å². The molecule has 0 saturated heterocycles. The first-order chi connectivity index (χ1) is 10.2. The molecule has 0 fully saturated rings. The van der Waals surface area contributed by atoms with Gasteiger partial charge in [-0.05, 0) is 18.4 Å². The minimum Gasteiger partial charge on any atom is -0.478 e. The zero-order chi connectivity index (χ0) is 15.1. The lowest BCUT2D eigenvalue weighted by Gasteiger charge is -2.04. The third-order valence-electron chi connectivity index (χ3n) is 3.43. The molecule has 4 nitrogen and oxygen atoms in total. The van der Waals surface area contributed by atoms with Crippen LogP contribution < -0.4 is 0 Å². The number of carboxylic acid groups (broad SMARTS) is 1. The van der Waals surface area contributed by atoms with Crippen LogP contribution in [-0.2, 0) is 6.42 Å². The van der Waals surface area contributed by atoms with E-state index >= 15 is 0 Å². The van der Waals surface area contributed by atoms with Crippen LogP contribution in [0.1, 0.15) is 48.5 Å². The third kappa shape index (κ3) is 4.38. The van der Waals surface area contributed by atoms with Crippen molar-refractivity contribution in [2.24, 2.45) is 0 Å². The number of carbonyl (C=O) groups is 1. The summed E-state index contributed by atoms with van der Waals surface area (Å²) in [5.41, 5.74) is 2.33. The van der Waals surface area contributed by atoms with Gasteiger partial charge in [-0.15, -0.1) is 0 Å². The number of aromatic nitrogens is 2. The molecule has 0 amide bonds. The number of benzene rings is 1. The van der Waals surface area contributed by atoms with Crippen LogP contribution in [0.4, 0.5) is 0 Å². The molecule has 2 rings (SSSR count). The second-order valence-corrected chi connectivity index (χ2v) is 5.11. The first-order valence-corrected chi connectivity index (χ1v) is 7.35. The van der Waals surface area contributed by atoms with E-state index in [9.17, 15) is 4.79 Å². The van der Waals surface area contributed by atoms with Crippen LogP contribution in [0.2, 0.25) is 0 Å². The molecule has 0 saturated carbocycles. The molecule has 1 aromatic carbocycles. The number of hydrogen-bond acceptors (Lipinski definition) is 3. The van der Waals surface area contributed by atoms with Crippen molar-refractivity contribution in [3.8, 4) is 11.4 Å². The Morgan fingerprint density at radius 1 is 1.05 bits per heavy atom. The Morgan fingerprint density at radius 3 is 2.29 bits per heavy atom. The quantitative estimate of drug-likeness (QED) is 0.781. The molecule has 0 aliphatic carbocycles. The van der Waals surface area contributed by atoms with E-state index in [0.29, 0.717) is 5.82 Å². The minimum absolute atomic E-state index is 0.103. The Morgan fingerprint density at radius 2 is 1.71 bits per heavy atom. The summed E-state index contributed by atoms with van der Waals surface area (Å²) < 4.78 is 0. The van der Waals surface area contributed by atoms with Crippen molar-refractivity contribution >= 4 is 5.97 Å². The van der Waals surface area contributed by atoms with Crippen LogP contribution in [0.5, 0.6) is 0 Å². The van der Waals surface area contributed by atoms with Gasteiger partial charge in [0.2, 0.25) is 0 Å². The number of aryl methyl sites for hydroxylation is 1. The van der Waals surface area contributed by atoms with Gasteiger partial charge in [-0.2, -0.15) is 0 Å². The molecule has 1 heterocycles. The van der Waals surface area contributed by atoms with E-state index in [1.165, 1.54) is 43.6 Å². The zero-order valence-electron chi connectivity index (χ0n) is 12.2. The monoisotopic (exact) mass is 284 g/mol. The number of carboxylic acids is 1. The summed E-state index contributed by atoms with van der Waals surface area (Å²) in [6.45, 7) is 2.21. The van der Waals surface area contributed by atoms with Gasteiger partial charge >= 0.3 is 5.97 Å². The van der Waals surface area contributed by atoms with Gasteiger partial charge in [0.05, 0.1) is 5.56 Å². The molecule has 21 heavy (non-hydrogen) atoms. The summed E-state index contributed by atoms with van der Waals surface area (Å²) in [5, 5.41) is 8.82. The van der Waals surface area contributed by atoms with Crippen molar-refractivity contribution in [1.29, 1.82) is 0 Å². The maximum Gasteiger partial charge on any atom is 0.338 e. The number of aromatic carboxylic acids is 1. The Balaban J connectivity index is 1.99. The molecule has 0 aliphatic heterocycles. The standard InChI is InChI=1S/C17H20N2O2/c1-2-3-4-5-6-13-7-9-14(10-8-13)16-18-11-15(12-19-16)17(20)21/h7-12H,2-6H2,1H3,(H,20,21). The molecule has 0 bridgehead atoms. The summed E-state index contributed by atoms with van der Waals surface area (Å²) >= 11 is 0. The fourth-order valence-corrected chi connectivity index (χ4v) is 2.16. The van der Waals surface area contributed by atoms with Gasteiger partial charge in [0, 0.05) is 18.0 Å². The third-order valence-corrected chi connectivity index (χ3v) is 3.43. The molecule has 4 heteroatoms. The van der Waals surface area contributed by atoms with Crippen molar-refractivity contribution in [1.82, 2.24) is 9.97 Å². The molecule has 110 valence electrons. The van der Waals surface area contributed by atoms with Gasteiger partial charge in [-0.3, -0.25) is 0 Å². The van der Waals surface area contributed by atoms with Crippen molar-refractivity contribution in [3.63, 3.8) is 0 Å². The molecule has 0 atom stereocenters. The summed E-state index contributed by atoms with van der Waals surface area (Å²) in [6, 6.07) is 8.17. The minimum atomic E-state index is -1.01. The maximum absolute atomic E-state index is 10.8. The lowest BCUT2D eigenvalue weighted by atomic mass is 10.0. The van der Waals surface area contributed by atoms with E-state index < -0.39 is 5.97 Å². The van der Waals surface area contributed by atoms with Crippen molar-refractivity contribution in [2.75, 3.05) is 0 Å². The predicted molar refractivity (Wildman–Crippen MR) is 82.3 cm³/mol. The van der Waals surface area contributed by atoms with Crippen LogP contribution in [-0.4, -0.2) is 21.0 Å². The summed E-state index contributed by atoms with van der Waals surface area (Å²) in [4.78, 5) is 18.9. The largest absolute Gasteiger partial charge is 0.478 e. The smallest absolute Gasteiger partial charge is 0.338 e. The molecule has 0 aliphatic rings. The lowest BCUT2D eigenvalue weighted by molar-refractivity contribution is 0.0696. The molecule has 1 N–H and O–H groups in total. The fraction of sp³-hybridized carbons (Fsp3) is 0.353. The Bertz CT molecular complexity index is 577. The van der Waals surface area contributed by atoms with E-state index in [-0.39, 0.29) is 5.56 Å². The van der Waals surface area contributed by atoms with Crippen molar-refractivity contribution in [2.45, 2.75) is 39.0 Å². The van der Waals surface area contributed by atoms with Gasteiger partial charge in [0.1, 0.15) is 0 Å². The highest BCUT2D eigenvalue weighted by Gasteiger charge is 2.06. The first-order valence-electron chi connectivity index (χ1n) is 7.35. The van der Waals surface area contributed by atoms with Crippen LogP contribution >= 0.6 is 0 Å². The summed E-state index contributed by atoms with van der Waals surface area (Å²) in [7, 11) is 0. The highest BCUT2D eigenvalue weighted by Crippen LogP contribution is 2.17. The number of unbranched alkanes of at least 4 members (excludes halogenated alkanes) is 3. The number of hydrogen-bond donors (Lipinski definition) is 1. The van der Waals surface area contributed by atoms with Gasteiger partial charge in [-0.1, -0.05) is 50.5 Å².